The van der Waals surface area contributed by atoms with Gasteiger partial charge < -0.3 is 44.5 Å². The Morgan fingerprint density at radius 1 is 0.842 bits per heavy atom. The molecule has 0 bridgehead atoms. The Balaban J connectivity index is 2.20. The van der Waals surface area contributed by atoms with Gasteiger partial charge in [0.2, 0.25) is 0 Å². The summed E-state index contributed by atoms with van der Waals surface area (Å²) in [6.07, 6.45) is 2.00. The van der Waals surface area contributed by atoms with E-state index in [1.165, 1.54) is 11.8 Å². The van der Waals surface area contributed by atoms with Crippen molar-refractivity contribution in [3.63, 3.8) is 0 Å². The molecule has 12 nitrogen and oxygen atoms in total. The van der Waals surface area contributed by atoms with E-state index < -0.39 is 63.7 Å². The van der Waals surface area contributed by atoms with Crippen LogP contribution in [0.15, 0.2) is 0 Å². The first-order valence-electron chi connectivity index (χ1n) is 13.0. The second-order valence-electron chi connectivity index (χ2n) is 9.08. The molecule has 1 fully saturated rings. The van der Waals surface area contributed by atoms with Crippen LogP contribution in [0.2, 0.25) is 0 Å². The maximum atomic E-state index is 12.2. The highest BCUT2D eigenvalue weighted by Crippen LogP contribution is 2.30. The normalized spacial score (nSPS) is 20.3. The molecular weight excluding hydrogens is 524 g/mol. The lowest BCUT2D eigenvalue weighted by Crippen LogP contribution is -2.37. The highest BCUT2D eigenvalue weighted by atomic mass is 32.2. The van der Waals surface area contributed by atoms with Crippen LogP contribution in [0.5, 0.6) is 0 Å². The molecule has 5 unspecified atom stereocenters. The molecule has 1 saturated carbocycles. The van der Waals surface area contributed by atoms with Crippen LogP contribution in [0.3, 0.4) is 0 Å². The van der Waals surface area contributed by atoms with Gasteiger partial charge in [0.1, 0.15) is 23.8 Å². The molecule has 0 saturated heterocycles. The molecule has 222 valence electrons. The van der Waals surface area contributed by atoms with Gasteiger partial charge in [-0.25, -0.2) is 0 Å². The Hall–Kier alpha value is -1.00. The first-order valence-corrected chi connectivity index (χ1v) is 14.3. The summed E-state index contributed by atoms with van der Waals surface area (Å²) in [4.78, 5) is 36.3. The molecule has 0 amide bonds. The van der Waals surface area contributed by atoms with E-state index in [2.05, 4.69) is 0 Å². The van der Waals surface area contributed by atoms with Crippen molar-refractivity contribution in [1.82, 2.24) is 0 Å². The molecule has 5 atom stereocenters. The van der Waals surface area contributed by atoms with Crippen LogP contribution < -0.4 is 0 Å². The van der Waals surface area contributed by atoms with E-state index in [0.717, 1.165) is 12.8 Å². The third-order valence-corrected chi connectivity index (χ3v) is 7.11. The first kappa shape index (κ1) is 35.0. The summed E-state index contributed by atoms with van der Waals surface area (Å²) in [6.45, 7) is -2.53. The number of ketones is 3. The van der Waals surface area contributed by atoms with Gasteiger partial charge in [-0.2, -0.15) is 11.8 Å². The molecule has 1 rings (SSSR count). The third kappa shape index (κ3) is 13.4. The van der Waals surface area contributed by atoms with Crippen molar-refractivity contribution < 1.29 is 58.9 Å². The highest BCUT2D eigenvalue weighted by Gasteiger charge is 2.39. The lowest BCUT2D eigenvalue weighted by atomic mass is 9.97. The fraction of sp³-hybridized carbons (Fsp3) is 0.880. The highest BCUT2D eigenvalue weighted by molar-refractivity contribution is 8.00. The molecule has 1 aliphatic rings. The van der Waals surface area contributed by atoms with E-state index in [0.29, 0.717) is 38.5 Å². The van der Waals surface area contributed by atoms with E-state index in [1.807, 2.05) is 6.26 Å². The molecule has 0 aromatic carbocycles. The molecule has 0 aromatic rings. The zero-order valence-electron chi connectivity index (χ0n) is 22.1. The topological polar surface area (TPSA) is 189 Å². The van der Waals surface area contributed by atoms with Crippen molar-refractivity contribution in [3.05, 3.63) is 0 Å². The van der Waals surface area contributed by atoms with Crippen LogP contribution in [0.4, 0.5) is 0 Å². The second kappa shape index (κ2) is 20.8. The number of rotatable bonds is 24. The van der Waals surface area contributed by atoms with Gasteiger partial charge in [0, 0.05) is 19.3 Å². The molecule has 0 heterocycles. The Labute approximate surface area is 228 Å². The quantitative estimate of drug-likeness (QED) is 0.0575. The van der Waals surface area contributed by atoms with Gasteiger partial charge in [0.25, 0.3) is 0 Å². The largest absolute Gasteiger partial charge is 0.394 e. The SMILES string of the molecule is CSC1CC(=O)C(CCCCCC(=O)CCCOC(CO)OC(CO)COC(CO)OC(CO)CO)C1=O. The average molecular weight is 569 g/mol. The summed E-state index contributed by atoms with van der Waals surface area (Å²) in [5.41, 5.74) is 0. The van der Waals surface area contributed by atoms with E-state index in [-0.39, 0.29) is 35.8 Å². The number of carbonyl (C=O) groups excluding carboxylic acids is 3. The van der Waals surface area contributed by atoms with Crippen molar-refractivity contribution in [2.75, 3.05) is 52.5 Å². The standard InChI is InChI=1S/C25H44O12S/c1-38-22-10-21(32)20(25(22)33)8-4-2-3-6-17(31)7-5-9-34-23(14-29)37-19(13-28)16-35-24(15-30)36-18(11-26)12-27/h18-20,22-24,26-30H,2-16H2,1H3. The lowest BCUT2D eigenvalue weighted by molar-refractivity contribution is -0.240. The van der Waals surface area contributed by atoms with Crippen LogP contribution in [0, 0.1) is 5.92 Å². The van der Waals surface area contributed by atoms with Gasteiger partial charge in [-0.15, -0.1) is 0 Å². The van der Waals surface area contributed by atoms with Crippen molar-refractivity contribution in [2.45, 2.75) is 81.4 Å². The van der Waals surface area contributed by atoms with Gasteiger partial charge >= 0.3 is 0 Å². The molecule has 0 aromatic heterocycles. The molecule has 1 aliphatic carbocycles. The summed E-state index contributed by atoms with van der Waals surface area (Å²) in [5.74, 6) is -0.329. The minimum absolute atomic E-state index is 0.0334. The number of thioether (sulfide) groups is 1. The van der Waals surface area contributed by atoms with E-state index in [9.17, 15) is 29.7 Å². The van der Waals surface area contributed by atoms with Crippen LogP contribution >= 0.6 is 11.8 Å². The predicted octanol–water partition coefficient (Wildman–Crippen LogP) is -0.407. The zero-order chi connectivity index (χ0) is 28.3. The smallest absolute Gasteiger partial charge is 0.181 e. The van der Waals surface area contributed by atoms with Crippen LogP contribution in [0.25, 0.3) is 0 Å². The maximum Gasteiger partial charge on any atom is 0.181 e. The van der Waals surface area contributed by atoms with Crippen molar-refractivity contribution in [2.24, 2.45) is 5.92 Å². The van der Waals surface area contributed by atoms with Crippen molar-refractivity contribution in [3.8, 4) is 0 Å². The summed E-state index contributed by atoms with van der Waals surface area (Å²) in [5, 5.41) is 46.2. The van der Waals surface area contributed by atoms with E-state index in [4.69, 9.17) is 29.2 Å². The Bertz CT molecular complexity index is 675. The molecule has 5 N–H and O–H groups in total. The predicted molar refractivity (Wildman–Crippen MR) is 137 cm³/mol. The molecule has 0 aliphatic heterocycles. The number of ether oxygens (including phenoxy) is 4. The monoisotopic (exact) mass is 568 g/mol. The second-order valence-corrected chi connectivity index (χ2v) is 10.1. The molecule has 13 heteroatoms. The summed E-state index contributed by atoms with van der Waals surface area (Å²) in [6, 6.07) is 0. The van der Waals surface area contributed by atoms with Gasteiger partial charge in [-0.1, -0.05) is 12.8 Å². The molecular formula is C25H44O12S. The van der Waals surface area contributed by atoms with Gasteiger partial charge in [-0.3, -0.25) is 14.4 Å². The summed E-state index contributed by atoms with van der Waals surface area (Å²) < 4.78 is 21.3. The number of aliphatic hydroxyl groups excluding tert-OH is 5. The van der Waals surface area contributed by atoms with Gasteiger partial charge in [0.05, 0.1) is 57.4 Å². The summed E-state index contributed by atoms with van der Waals surface area (Å²) in [7, 11) is 0. The van der Waals surface area contributed by atoms with Crippen LogP contribution in [-0.2, 0) is 33.3 Å². The lowest BCUT2D eigenvalue weighted by Gasteiger charge is -2.25. The molecule has 38 heavy (non-hydrogen) atoms. The van der Waals surface area contributed by atoms with Crippen molar-refractivity contribution >= 4 is 29.1 Å². The van der Waals surface area contributed by atoms with E-state index >= 15 is 0 Å². The van der Waals surface area contributed by atoms with Crippen LogP contribution in [0.1, 0.15) is 51.4 Å². The summed E-state index contributed by atoms with van der Waals surface area (Å²) >= 11 is 1.43. The fourth-order valence-corrected chi connectivity index (χ4v) is 4.69. The number of carbonyl (C=O) groups is 3. The minimum Gasteiger partial charge on any atom is -0.394 e. The Morgan fingerprint density at radius 2 is 1.45 bits per heavy atom. The van der Waals surface area contributed by atoms with Crippen molar-refractivity contribution in [1.29, 1.82) is 0 Å². The third-order valence-electron chi connectivity index (χ3n) is 6.14. The first-order chi connectivity index (χ1) is 18.3. The number of unbranched alkanes of at least 4 members (excludes halogenated alkanes) is 2. The Morgan fingerprint density at radius 3 is 2.03 bits per heavy atom. The molecule has 0 spiro atoms. The van der Waals surface area contributed by atoms with Gasteiger partial charge in [0.15, 0.2) is 18.4 Å². The fourth-order valence-electron chi connectivity index (χ4n) is 3.96. The number of hydrogen-bond acceptors (Lipinski definition) is 13. The minimum atomic E-state index is -1.16. The zero-order valence-corrected chi connectivity index (χ0v) is 22.9. The van der Waals surface area contributed by atoms with Crippen LogP contribution in [-0.4, -0.2) is 125 Å². The average Bonchev–Trinajstić information content (AvgIpc) is 3.21. The Kier molecular flexibility index (Phi) is 19.2. The number of aliphatic hydroxyl groups is 5. The number of Topliss-reactive ketones (excluding diaryl/α,β-unsaturated/α-hetero) is 3. The molecule has 0 radical (unpaired) electrons. The van der Waals surface area contributed by atoms with E-state index in [1.54, 1.807) is 0 Å². The number of hydrogen-bond donors (Lipinski definition) is 5. The van der Waals surface area contributed by atoms with Gasteiger partial charge in [-0.05, 0) is 25.5 Å². The maximum absolute atomic E-state index is 12.2.